The summed E-state index contributed by atoms with van der Waals surface area (Å²) in [5.41, 5.74) is 10.4. The second kappa shape index (κ2) is 5.69. The van der Waals surface area contributed by atoms with Gasteiger partial charge in [0, 0.05) is 22.9 Å². The fourth-order valence-electron chi connectivity index (χ4n) is 2.20. The third-order valence-electron chi connectivity index (χ3n) is 3.29. The second-order valence-corrected chi connectivity index (χ2v) is 5.66. The Balaban J connectivity index is 1.84. The van der Waals surface area contributed by atoms with Crippen molar-refractivity contribution in [1.82, 2.24) is 9.97 Å². The number of aromatic nitrogens is 2. The van der Waals surface area contributed by atoms with Crippen molar-refractivity contribution in [3.63, 3.8) is 0 Å². The van der Waals surface area contributed by atoms with Gasteiger partial charge in [-0.25, -0.2) is 0 Å². The number of hydrogen-bond acceptors (Lipinski definition) is 3. The molecule has 0 aliphatic heterocycles. The summed E-state index contributed by atoms with van der Waals surface area (Å²) in [6, 6.07) is 14.2. The highest BCUT2D eigenvalue weighted by Gasteiger charge is 2.08. The third kappa shape index (κ3) is 2.86. The van der Waals surface area contributed by atoms with E-state index in [4.69, 9.17) is 5.73 Å². The number of fused-ring (bicyclic) bond motifs is 1. The number of rotatable bonds is 3. The molecule has 0 fully saturated rings. The summed E-state index contributed by atoms with van der Waals surface area (Å²) in [5.74, 6) is 0. The predicted molar refractivity (Wildman–Crippen MR) is 84.3 cm³/mol. The van der Waals surface area contributed by atoms with Crippen molar-refractivity contribution in [3.05, 3.63) is 70.5 Å². The van der Waals surface area contributed by atoms with Gasteiger partial charge in [0.15, 0.2) is 0 Å². The molecule has 1 aromatic heterocycles. The van der Waals surface area contributed by atoms with E-state index in [0.717, 1.165) is 27.5 Å². The van der Waals surface area contributed by atoms with Gasteiger partial charge in [-0.3, -0.25) is 9.97 Å². The van der Waals surface area contributed by atoms with Gasteiger partial charge in [-0.1, -0.05) is 34.1 Å². The van der Waals surface area contributed by atoms with Crippen LogP contribution in [0.2, 0.25) is 0 Å². The molecule has 20 heavy (non-hydrogen) atoms. The molecule has 100 valence electrons. The third-order valence-corrected chi connectivity index (χ3v) is 3.82. The summed E-state index contributed by atoms with van der Waals surface area (Å²) in [6.45, 7) is 0. The molecule has 1 atom stereocenters. The van der Waals surface area contributed by atoms with Crippen molar-refractivity contribution in [1.29, 1.82) is 0 Å². The topological polar surface area (TPSA) is 51.8 Å². The van der Waals surface area contributed by atoms with Crippen LogP contribution >= 0.6 is 15.9 Å². The van der Waals surface area contributed by atoms with Gasteiger partial charge in [-0.2, -0.15) is 0 Å². The molecule has 0 saturated carbocycles. The van der Waals surface area contributed by atoms with Crippen LogP contribution in [0.15, 0.2) is 59.3 Å². The lowest BCUT2D eigenvalue weighted by molar-refractivity contribution is 0.722. The largest absolute Gasteiger partial charge is 0.324 e. The normalized spacial score (nSPS) is 12.5. The van der Waals surface area contributed by atoms with Gasteiger partial charge in [-0.15, -0.1) is 0 Å². The van der Waals surface area contributed by atoms with E-state index in [2.05, 4.69) is 38.0 Å². The Morgan fingerprint density at radius 1 is 0.950 bits per heavy atom. The average molecular weight is 328 g/mol. The summed E-state index contributed by atoms with van der Waals surface area (Å²) in [5, 5.41) is 0. The monoisotopic (exact) mass is 327 g/mol. The summed E-state index contributed by atoms with van der Waals surface area (Å²) in [6.07, 6.45) is 4.20. The molecule has 0 aliphatic rings. The number of halogens is 1. The molecule has 0 aliphatic carbocycles. The maximum atomic E-state index is 6.30. The molecule has 3 nitrogen and oxygen atoms in total. The van der Waals surface area contributed by atoms with Crippen molar-refractivity contribution in [2.45, 2.75) is 12.5 Å². The summed E-state index contributed by atoms with van der Waals surface area (Å²) >= 11 is 3.44. The molecule has 4 heteroatoms. The molecular formula is C16H14BrN3. The molecule has 3 rings (SSSR count). The molecule has 2 N–H and O–H groups in total. The van der Waals surface area contributed by atoms with E-state index < -0.39 is 0 Å². The maximum Gasteiger partial charge on any atom is 0.0890 e. The summed E-state index contributed by atoms with van der Waals surface area (Å²) in [7, 11) is 0. The van der Waals surface area contributed by atoms with Crippen LogP contribution in [0.1, 0.15) is 17.2 Å². The Morgan fingerprint density at radius 2 is 1.65 bits per heavy atom. The van der Waals surface area contributed by atoms with Crippen molar-refractivity contribution >= 4 is 27.0 Å². The van der Waals surface area contributed by atoms with Crippen molar-refractivity contribution in [3.8, 4) is 0 Å². The van der Waals surface area contributed by atoms with Crippen LogP contribution in [-0.2, 0) is 6.42 Å². The molecule has 0 saturated heterocycles. The first-order valence-electron chi connectivity index (χ1n) is 6.43. The molecule has 3 aromatic rings. The molecular weight excluding hydrogens is 314 g/mol. The lowest BCUT2D eigenvalue weighted by Gasteiger charge is -2.12. The first-order chi connectivity index (χ1) is 9.72. The van der Waals surface area contributed by atoms with E-state index in [1.54, 1.807) is 12.4 Å². The minimum Gasteiger partial charge on any atom is -0.324 e. The van der Waals surface area contributed by atoms with Gasteiger partial charge in [-0.05, 0) is 41.8 Å². The van der Waals surface area contributed by atoms with Crippen LogP contribution in [0.3, 0.4) is 0 Å². The van der Waals surface area contributed by atoms with Crippen LogP contribution < -0.4 is 5.73 Å². The highest BCUT2D eigenvalue weighted by molar-refractivity contribution is 9.10. The van der Waals surface area contributed by atoms with Gasteiger partial charge in [0.2, 0.25) is 0 Å². The molecule has 1 heterocycles. The second-order valence-electron chi connectivity index (χ2n) is 4.74. The fourth-order valence-corrected chi connectivity index (χ4v) is 2.47. The first kappa shape index (κ1) is 13.2. The molecule has 0 amide bonds. The lowest BCUT2D eigenvalue weighted by atomic mass is 9.99. The Hall–Kier alpha value is -1.78. The zero-order chi connectivity index (χ0) is 13.9. The molecule has 0 spiro atoms. The minimum absolute atomic E-state index is 0.0393. The highest BCUT2D eigenvalue weighted by Crippen LogP contribution is 2.20. The van der Waals surface area contributed by atoms with E-state index in [1.807, 2.05) is 30.3 Å². The molecule has 1 unspecified atom stereocenters. The fraction of sp³-hybridized carbons (Fsp3) is 0.125. The van der Waals surface area contributed by atoms with Crippen LogP contribution in [0.5, 0.6) is 0 Å². The lowest BCUT2D eigenvalue weighted by Crippen LogP contribution is -2.13. The SMILES string of the molecule is NC(Cc1ccc(Br)cc1)c1ccc2nccnc2c1. The van der Waals surface area contributed by atoms with Crippen molar-refractivity contribution in [2.75, 3.05) is 0 Å². The zero-order valence-electron chi connectivity index (χ0n) is 10.8. The first-order valence-corrected chi connectivity index (χ1v) is 7.22. The maximum absolute atomic E-state index is 6.30. The van der Waals surface area contributed by atoms with Crippen molar-refractivity contribution < 1.29 is 0 Å². The summed E-state index contributed by atoms with van der Waals surface area (Å²) < 4.78 is 1.08. The Labute approximate surface area is 126 Å². The number of benzene rings is 2. The Morgan fingerprint density at radius 3 is 2.40 bits per heavy atom. The van der Waals surface area contributed by atoms with Crippen LogP contribution in [0, 0.1) is 0 Å². The van der Waals surface area contributed by atoms with Crippen LogP contribution in [-0.4, -0.2) is 9.97 Å². The number of nitrogens with zero attached hydrogens (tertiary/aromatic N) is 2. The standard InChI is InChI=1S/C16H14BrN3/c17-13-4-1-11(2-5-13)9-14(18)12-3-6-15-16(10-12)20-8-7-19-15/h1-8,10,14H,9,18H2. The van der Waals surface area contributed by atoms with Gasteiger partial charge in [0.05, 0.1) is 11.0 Å². The zero-order valence-corrected chi connectivity index (χ0v) is 12.4. The minimum atomic E-state index is -0.0393. The molecule has 2 aromatic carbocycles. The van der Waals surface area contributed by atoms with E-state index >= 15 is 0 Å². The number of hydrogen-bond donors (Lipinski definition) is 1. The van der Waals surface area contributed by atoms with E-state index in [9.17, 15) is 0 Å². The van der Waals surface area contributed by atoms with Crippen LogP contribution in [0.25, 0.3) is 11.0 Å². The smallest absolute Gasteiger partial charge is 0.0890 e. The average Bonchev–Trinajstić information content (AvgIpc) is 2.49. The Kier molecular flexibility index (Phi) is 3.76. The van der Waals surface area contributed by atoms with E-state index in [-0.39, 0.29) is 6.04 Å². The molecule has 0 radical (unpaired) electrons. The van der Waals surface area contributed by atoms with E-state index in [0.29, 0.717) is 0 Å². The predicted octanol–water partition coefficient (Wildman–Crippen LogP) is 3.63. The summed E-state index contributed by atoms with van der Waals surface area (Å²) in [4.78, 5) is 8.59. The quantitative estimate of drug-likeness (QED) is 0.799. The van der Waals surface area contributed by atoms with Gasteiger partial charge >= 0.3 is 0 Å². The highest BCUT2D eigenvalue weighted by atomic mass is 79.9. The van der Waals surface area contributed by atoms with Crippen LogP contribution in [0.4, 0.5) is 0 Å². The van der Waals surface area contributed by atoms with Gasteiger partial charge in [0.25, 0.3) is 0 Å². The van der Waals surface area contributed by atoms with E-state index in [1.165, 1.54) is 5.56 Å². The number of nitrogens with two attached hydrogens (primary N) is 1. The van der Waals surface area contributed by atoms with Crippen molar-refractivity contribution in [2.24, 2.45) is 5.73 Å². The van der Waals surface area contributed by atoms with Gasteiger partial charge in [0.1, 0.15) is 0 Å². The van der Waals surface area contributed by atoms with Gasteiger partial charge < -0.3 is 5.73 Å². The Bertz CT molecular complexity index is 725. The molecule has 0 bridgehead atoms.